The molecule has 3 heterocycles. The van der Waals surface area contributed by atoms with Gasteiger partial charge < -0.3 is 14.5 Å². The highest BCUT2D eigenvalue weighted by Crippen LogP contribution is 2.35. The van der Waals surface area contributed by atoms with Crippen molar-refractivity contribution in [2.75, 3.05) is 32.8 Å². The van der Waals surface area contributed by atoms with Gasteiger partial charge in [0.05, 0.1) is 18.3 Å². The maximum atomic E-state index is 14.0. The standard InChI is InChI=1S/C22H26F4N2O2/c1-14-9-16-12-27(8-7-20(16)30-13-14)21(29)28-10-15(11-28)5-6-17-18(22(24,25)26)3-2-4-19(17)23/h2-4,15-16,20H,1,5-13H2/t16-,20+/m1/s1/i21-1. The third-order valence-corrected chi connectivity index (χ3v) is 6.44. The molecule has 0 radical (unpaired) electrons. The van der Waals surface area contributed by atoms with Crippen LogP contribution < -0.4 is 0 Å². The van der Waals surface area contributed by atoms with Gasteiger partial charge in [-0.2, -0.15) is 13.2 Å². The summed E-state index contributed by atoms with van der Waals surface area (Å²) in [5.41, 5.74) is -0.135. The van der Waals surface area contributed by atoms with Gasteiger partial charge >= 0.3 is 12.2 Å². The van der Waals surface area contributed by atoms with E-state index in [0.717, 1.165) is 36.6 Å². The molecule has 3 aliphatic rings. The van der Waals surface area contributed by atoms with Crippen LogP contribution in [-0.2, 0) is 17.3 Å². The molecule has 1 aromatic carbocycles. The predicted molar refractivity (Wildman–Crippen MR) is 103 cm³/mol. The number of fused-ring (bicyclic) bond motifs is 1. The van der Waals surface area contributed by atoms with E-state index in [4.69, 9.17) is 4.74 Å². The van der Waals surface area contributed by atoms with E-state index in [1.165, 1.54) is 0 Å². The van der Waals surface area contributed by atoms with Gasteiger partial charge in [0.15, 0.2) is 0 Å². The van der Waals surface area contributed by atoms with Crippen LogP contribution >= 0.6 is 0 Å². The molecular weight excluding hydrogens is 399 g/mol. The van der Waals surface area contributed by atoms with Gasteiger partial charge in [-0.05, 0) is 43.7 Å². The summed E-state index contributed by atoms with van der Waals surface area (Å²) in [6, 6.07) is 3.04. The lowest BCUT2D eigenvalue weighted by Gasteiger charge is -2.46. The number of urea groups is 1. The van der Waals surface area contributed by atoms with Crippen molar-refractivity contribution < 1.29 is 27.1 Å². The molecule has 8 heteroatoms. The van der Waals surface area contributed by atoms with Gasteiger partial charge in [0.1, 0.15) is 5.82 Å². The predicted octanol–water partition coefficient (Wildman–Crippen LogP) is 4.50. The van der Waals surface area contributed by atoms with Crippen LogP contribution in [0, 0.1) is 17.7 Å². The van der Waals surface area contributed by atoms with E-state index in [1.54, 1.807) is 4.90 Å². The van der Waals surface area contributed by atoms with Crippen LogP contribution in [0.5, 0.6) is 0 Å². The largest absolute Gasteiger partial charge is 0.416 e. The second-order valence-corrected chi connectivity index (χ2v) is 8.65. The number of ether oxygens (including phenoxy) is 1. The van der Waals surface area contributed by atoms with Crippen LogP contribution in [0.3, 0.4) is 0 Å². The zero-order chi connectivity index (χ0) is 21.5. The van der Waals surface area contributed by atoms with Crippen LogP contribution in [0.15, 0.2) is 30.4 Å². The monoisotopic (exact) mass is 425 g/mol. The zero-order valence-corrected chi connectivity index (χ0v) is 16.8. The molecule has 0 aromatic heterocycles. The Labute approximate surface area is 173 Å². The molecule has 0 spiro atoms. The molecule has 4 rings (SSSR count). The Morgan fingerprint density at radius 1 is 1.20 bits per heavy atom. The Hall–Kier alpha value is -2.09. The number of alkyl halides is 3. The summed E-state index contributed by atoms with van der Waals surface area (Å²) in [5, 5.41) is 0. The Balaban J connectivity index is 1.28. The first-order valence-corrected chi connectivity index (χ1v) is 10.4. The Morgan fingerprint density at radius 2 is 1.97 bits per heavy atom. The third-order valence-electron chi connectivity index (χ3n) is 6.44. The van der Waals surface area contributed by atoms with Gasteiger partial charge in [-0.1, -0.05) is 18.2 Å². The second kappa shape index (κ2) is 8.21. The number of amides is 2. The third kappa shape index (κ3) is 4.33. The fourth-order valence-corrected chi connectivity index (χ4v) is 4.79. The van der Waals surface area contributed by atoms with Crippen molar-refractivity contribution in [3.63, 3.8) is 0 Å². The molecule has 0 saturated carbocycles. The highest BCUT2D eigenvalue weighted by Gasteiger charge is 2.40. The van der Waals surface area contributed by atoms with E-state index in [1.807, 2.05) is 4.90 Å². The van der Waals surface area contributed by atoms with E-state index in [2.05, 4.69) is 6.58 Å². The van der Waals surface area contributed by atoms with Crippen molar-refractivity contribution in [1.29, 1.82) is 0 Å². The number of hydrogen-bond acceptors (Lipinski definition) is 2. The summed E-state index contributed by atoms with van der Waals surface area (Å²) < 4.78 is 59.1. The maximum Gasteiger partial charge on any atom is 0.416 e. The number of carbonyl (C=O) groups is 1. The van der Waals surface area contributed by atoms with E-state index in [-0.39, 0.29) is 36.0 Å². The normalized spacial score (nSPS) is 25.1. The van der Waals surface area contributed by atoms with Crippen molar-refractivity contribution in [1.82, 2.24) is 9.80 Å². The number of carbonyl (C=O) groups excluding carboxylic acids is 1. The number of rotatable bonds is 3. The fraction of sp³-hybridized carbons (Fsp3) is 0.591. The number of benzene rings is 1. The summed E-state index contributed by atoms with van der Waals surface area (Å²) in [5.74, 6) is -0.455. The summed E-state index contributed by atoms with van der Waals surface area (Å²) in [4.78, 5) is 16.4. The maximum absolute atomic E-state index is 14.0. The summed E-state index contributed by atoms with van der Waals surface area (Å²) in [6.07, 6.45) is -2.25. The average molecular weight is 425 g/mol. The minimum Gasteiger partial charge on any atom is -0.373 e. The first kappa shape index (κ1) is 21.2. The van der Waals surface area contributed by atoms with Gasteiger partial charge in [0, 0.05) is 37.7 Å². The summed E-state index contributed by atoms with van der Waals surface area (Å²) in [6.45, 7) is 6.88. The number of hydrogen-bond donors (Lipinski definition) is 0. The summed E-state index contributed by atoms with van der Waals surface area (Å²) >= 11 is 0. The molecule has 0 bridgehead atoms. The average Bonchev–Trinajstić information content (AvgIpc) is 2.66. The smallest absolute Gasteiger partial charge is 0.373 e. The molecule has 164 valence electrons. The van der Waals surface area contributed by atoms with Gasteiger partial charge in [-0.25, -0.2) is 9.18 Å². The topological polar surface area (TPSA) is 32.8 Å². The molecule has 3 saturated heterocycles. The molecule has 0 unspecified atom stereocenters. The molecule has 2 amide bonds. The highest BCUT2D eigenvalue weighted by molar-refractivity contribution is 5.75. The lowest BCUT2D eigenvalue weighted by atomic mass is 9.82. The SMILES string of the molecule is C=C1CO[C@H]2CCN([11C](=O)N3CC(CCc4c(F)cccc4C(F)(F)F)C3)C[C@H]2C1. The van der Waals surface area contributed by atoms with Gasteiger partial charge in [0.2, 0.25) is 0 Å². The van der Waals surface area contributed by atoms with Crippen LogP contribution in [0.4, 0.5) is 22.4 Å². The van der Waals surface area contributed by atoms with E-state index in [0.29, 0.717) is 39.2 Å². The number of halogens is 4. The van der Waals surface area contributed by atoms with E-state index >= 15 is 0 Å². The Bertz CT molecular complexity index is 820. The van der Waals surface area contributed by atoms with E-state index in [9.17, 15) is 22.4 Å². The first-order valence-electron chi connectivity index (χ1n) is 10.4. The van der Waals surface area contributed by atoms with E-state index < -0.39 is 17.6 Å². The fourth-order valence-electron chi connectivity index (χ4n) is 4.79. The van der Waals surface area contributed by atoms with Crippen LogP contribution in [-0.4, -0.2) is 54.7 Å². The van der Waals surface area contributed by atoms with Crippen LogP contribution in [0.25, 0.3) is 0 Å². The molecule has 0 N–H and O–H groups in total. The number of piperidine rings is 1. The molecule has 0 aliphatic carbocycles. The van der Waals surface area contributed by atoms with Crippen LogP contribution in [0.2, 0.25) is 0 Å². The minimum atomic E-state index is -4.57. The molecule has 1 aromatic rings. The summed E-state index contributed by atoms with van der Waals surface area (Å²) in [7, 11) is 0. The molecule has 2 atom stereocenters. The van der Waals surface area contributed by atoms with Crippen LogP contribution in [0.1, 0.15) is 30.4 Å². The van der Waals surface area contributed by atoms with Gasteiger partial charge in [-0.3, -0.25) is 0 Å². The zero-order valence-electron chi connectivity index (χ0n) is 16.8. The molecule has 3 fully saturated rings. The molecule has 4 nitrogen and oxygen atoms in total. The highest BCUT2D eigenvalue weighted by atomic mass is 19.4. The van der Waals surface area contributed by atoms with Gasteiger partial charge in [-0.15, -0.1) is 0 Å². The quantitative estimate of drug-likeness (QED) is 0.528. The van der Waals surface area contributed by atoms with Gasteiger partial charge in [0.25, 0.3) is 0 Å². The number of nitrogens with zero attached hydrogens (tertiary/aromatic N) is 2. The number of likely N-dealkylation sites (tertiary alicyclic amines) is 2. The minimum absolute atomic E-state index is 0.0150. The van der Waals surface area contributed by atoms with Crippen molar-refractivity contribution in [2.45, 2.75) is 38.0 Å². The lowest BCUT2D eigenvalue weighted by Crippen LogP contribution is -2.58. The molecule has 3 aliphatic heterocycles. The van der Waals surface area contributed by atoms with Crippen molar-refractivity contribution in [3.05, 3.63) is 47.3 Å². The lowest BCUT2D eigenvalue weighted by molar-refractivity contribution is -0.138. The van der Waals surface area contributed by atoms with Crippen molar-refractivity contribution in [3.8, 4) is 0 Å². The van der Waals surface area contributed by atoms with Crippen molar-refractivity contribution in [2.24, 2.45) is 11.8 Å². The molecular formula is C22H26F4N2O2. The first-order chi connectivity index (χ1) is 14.2. The Morgan fingerprint density at radius 3 is 2.70 bits per heavy atom. The Kier molecular flexibility index (Phi) is 5.79. The molecule has 30 heavy (non-hydrogen) atoms. The second-order valence-electron chi connectivity index (χ2n) is 8.65. The van der Waals surface area contributed by atoms with Crippen molar-refractivity contribution >= 4 is 6.03 Å².